The molecule has 1 fully saturated rings. The van der Waals surface area contributed by atoms with Crippen LogP contribution in [0.15, 0.2) is 61.2 Å². The second-order valence-electron chi connectivity index (χ2n) is 6.58. The highest BCUT2D eigenvalue weighted by molar-refractivity contribution is 5.45. The van der Waals surface area contributed by atoms with Crippen LogP contribution < -0.4 is 5.32 Å². The maximum Gasteiger partial charge on any atom is 0.228 e. The minimum absolute atomic E-state index is 0.429. The Hall–Kier alpha value is -2.86. The Kier molecular flexibility index (Phi) is 5.12. The number of piperidine rings is 1. The fourth-order valence-electron chi connectivity index (χ4n) is 3.42. The Morgan fingerprint density at radius 1 is 1.04 bits per heavy atom. The predicted molar refractivity (Wildman–Crippen MR) is 101 cm³/mol. The molecule has 1 aliphatic heterocycles. The molecule has 2 aromatic heterocycles. The van der Waals surface area contributed by atoms with Crippen molar-refractivity contribution in [2.75, 3.05) is 18.4 Å². The summed E-state index contributed by atoms with van der Waals surface area (Å²) in [5, 5.41) is 3.12. The van der Waals surface area contributed by atoms with Gasteiger partial charge in [0.05, 0.1) is 11.9 Å². The van der Waals surface area contributed by atoms with Crippen molar-refractivity contribution in [1.29, 1.82) is 0 Å². The van der Waals surface area contributed by atoms with Gasteiger partial charge in [-0.1, -0.05) is 30.3 Å². The van der Waals surface area contributed by atoms with E-state index in [1.165, 1.54) is 12.0 Å². The number of rotatable bonds is 5. The van der Waals surface area contributed by atoms with Gasteiger partial charge in [0.1, 0.15) is 0 Å². The van der Waals surface area contributed by atoms with Crippen molar-refractivity contribution < 1.29 is 0 Å². The van der Waals surface area contributed by atoms with Gasteiger partial charge in [-0.15, -0.1) is 0 Å². The minimum atomic E-state index is 0.429. The minimum Gasteiger partial charge on any atom is -0.307 e. The molecule has 6 nitrogen and oxygen atoms in total. The van der Waals surface area contributed by atoms with E-state index in [0.29, 0.717) is 17.7 Å². The molecule has 1 aliphatic rings. The average molecular weight is 346 g/mol. The van der Waals surface area contributed by atoms with Crippen LogP contribution >= 0.6 is 0 Å². The first kappa shape index (κ1) is 16.6. The lowest BCUT2D eigenvalue weighted by Gasteiger charge is -2.32. The fourth-order valence-corrected chi connectivity index (χ4v) is 3.42. The van der Waals surface area contributed by atoms with Gasteiger partial charge in [0.15, 0.2) is 5.82 Å². The van der Waals surface area contributed by atoms with E-state index >= 15 is 0 Å². The summed E-state index contributed by atoms with van der Waals surface area (Å²) in [5.74, 6) is 1.65. The maximum atomic E-state index is 4.72. The van der Waals surface area contributed by atoms with E-state index in [2.05, 4.69) is 55.5 Å². The largest absolute Gasteiger partial charge is 0.307 e. The van der Waals surface area contributed by atoms with E-state index in [9.17, 15) is 0 Å². The van der Waals surface area contributed by atoms with Crippen LogP contribution in [0.4, 0.5) is 11.8 Å². The van der Waals surface area contributed by atoms with Gasteiger partial charge in [0.2, 0.25) is 5.95 Å². The van der Waals surface area contributed by atoms with Crippen molar-refractivity contribution in [1.82, 2.24) is 24.8 Å². The van der Waals surface area contributed by atoms with Crippen molar-refractivity contribution in [3.63, 3.8) is 0 Å². The zero-order valence-electron chi connectivity index (χ0n) is 14.6. The third-order valence-electron chi connectivity index (χ3n) is 4.65. The molecule has 0 aliphatic carbocycles. The highest BCUT2D eigenvalue weighted by atomic mass is 15.2. The van der Waals surface area contributed by atoms with Gasteiger partial charge < -0.3 is 5.32 Å². The van der Waals surface area contributed by atoms with Crippen molar-refractivity contribution in [2.24, 2.45) is 0 Å². The van der Waals surface area contributed by atoms with Crippen molar-refractivity contribution in [2.45, 2.75) is 25.3 Å². The Morgan fingerprint density at radius 2 is 1.96 bits per heavy atom. The summed E-state index contributed by atoms with van der Waals surface area (Å²) in [7, 11) is 0. The molecule has 3 aromatic rings. The number of anilines is 2. The number of benzene rings is 1. The van der Waals surface area contributed by atoms with Crippen LogP contribution in [0.2, 0.25) is 0 Å². The quantitative estimate of drug-likeness (QED) is 0.764. The third-order valence-corrected chi connectivity index (χ3v) is 4.65. The molecule has 0 saturated carbocycles. The van der Waals surface area contributed by atoms with E-state index in [0.717, 1.165) is 31.7 Å². The zero-order valence-corrected chi connectivity index (χ0v) is 14.6. The van der Waals surface area contributed by atoms with Gasteiger partial charge in [-0.3, -0.25) is 9.88 Å². The summed E-state index contributed by atoms with van der Waals surface area (Å²) in [5.41, 5.74) is 2.45. The fraction of sp³-hybridized carbons (Fsp3) is 0.300. The Morgan fingerprint density at radius 3 is 2.81 bits per heavy atom. The van der Waals surface area contributed by atoms with Gasteiger partial charge in [0, 0.05) is 37.6 Å². The standard InChI is InChI=1S/C20H22N6/c1-2-5-16(6-3-1)14-26-12-4-7-17(15-26)18-8-9-23-20(24-18)25-19-13-21-10-11-22-19/h1-3,5-6,8-11,13,17H,4,7,12,14-15H2,(H,22,23,24,25)/t17-/m1/s1. The molecule has 1 N–H and O–H groups in total. The summed E-state index contributed by atoms with van der Waals surface area (Å²) in [4.78, 5) is 19.8. The predicted octanol–water partition coefficient (Wildman–Crippen LogP) is 3.39. The number of likely N-dealkylation sites (tertiary alicyclic amines) is 1. The molecule has 3 heterocycles. The maximum absolute atomic E-state index is 4.72. The third kappa shape index (κ3) is 4.21. The summed E-state index contributed by atoms with van der Waals surface area (Å²) < 4.78 is 0. The molecule has 0 amide bonds. The number of aromatic nitrogens is 4. The molecule has 132 valence electrons. The number of nitrogens with zero attached hydrogens (tertiary/aromatic N) is 5. The molecule has 0 bridgehead atoms. The number of hydrogen-bond donors (Lipinski definition) is 1. The molecule has 26 heavy (non-hydrogen) atoms. The van der Waals surface area contributed by atoms with Crippen LogP contribution in [0.25, 0.3) is 0 Å². The first-order chi connectivity index (χ1) is 12.9. The van der Waals surface area contributed by atoms with Gasteiger partial charge in [0.25, 0.3) is 0 Å². The van der Waals surface area contributed by atoms with E-state index in [-0.39, 0.29) is 0 Å². The first-order valence-corrected chi connectivity index (χ1v) is 8.99. The van der Waals surface area contributed by atoms with E-state index in [1.54, 1.807) is 18.6 Å². The second-order valence-corrected chi connectivity index (χ2v) is 6.58. The van der Waals surface area contributed by atoms with Crippen LogP contribution in [0.1, 0.15) is 30.0 Å². The number of hydrogen-bond acceptors (Lipinski definition) is 6. The molecule has 0 unspecified atom stereocenters. The Labute approximate surface area is 153 Å². The highest BCUT2D eigenvalue weighted by Gasteiger charge is 2.22. The molecule has 0 spiro atoms. The Bertz CT molecular complexity index is 824. The lowest BCUT2D eigenvalue weighted by atomic mass is 9.94. The SMILES string of the molecule is c1ccc(CN2CCC[C@@H](c3ccnc(Nc4cnccn4)n3)C2)cc1. The van der Waals surface area contributed by atoms with Crippen LogP contribution in [-0.4, -0.2) is 37.9 Å². The van der Waals surface area contributed by atoms with E-state index in [4.69, 9.17) is 4.98 Å². The van der Waals surface area contributed by atoms with E-state index < -0.39 is 0 Å². The van der Waals surface area contributed by atoms with Crippen molar-refractivity contribution >= 4 is 11.8 Å². The molecule has 1 atom stereocenters. The summed E-state index contributed by atoms with van der Waals surface area (Å²) in [6.45, 7) is 3.16. The summed E-state index contributed by atoms with van der Waals surface area (Å²) in [6, 6.07) is 12.7. The van der Waals surface area contributed by atoms with E-state index in [1.807, 2.05) is 12.3 Å². The van der Waals surface area contributed by atoms with Gasteiger partial charge in [-0.2, -0.15) is 0 Å². The smallest absolute Gasteiger partial charge is 0.228 e. The lowest BCUT2D eigenvalue weighted by molar-refractivity contribution is 0.198. The summed E-state index contributed by atoms with van der Waals surface area (Å²) in [6.07, 6.45) is 9.12. The molecule has 1 aromatic carbocycles. The van der Waals surface area contributed by atoms with Gasteiger partial charge >= 0.3 is 0 Å². The number of nitrogens with one attached hydrogen (secondary N) is 1. The zero-order chi connectivity index (χ0) is 17.6. The molecule has 4 rings (SSSR count). The van der Waals surface area contributed by atoms with Gasteiger partial charge in [-0.25, -0.2) is 15.0 Å². The van der Waals surface area contributed by atoms with Crippen LogP contribution in [0, 0.1) is 0 Å². The first-order valence-electron chi connectivity index (χ1n) is 8.99. The average Bonchev–Trinajstić information content (AvgIpc) is 2.70. The molecule has 1 saturated heterocycles. The van der Waals surface area contributed by atoms with Crippen LogP contribution in [0.5, 0.6) is 0 Å². The molecular weight excluding hydrogens is 324 g/mol. The molecular formula is C20H22N6. The normalized spacial score (nSPS) is 17.8. The molecule has 6 heteroatoms. The topological polar surface area (TPSA) is 66.8 Å². The molecule has 0 radical (unpaired) electrons. The van der Waals surface area contributed by atoms with Crippen LogP contribution in [0.3, 0.4) is 0 Å². The highest BCUT2D eigenvalue weighted by Crippen LogP contribution is 2.27. The van der Waals surface area contributed by atoms with Crippen molar-refractivity contribution in [3.8, 4) is 0 Å². The Balaban J connectivity index is 1.44. The monoisotopic (exact) mass is 346 g/mol. The lowest BCUT2D eigenvalue weighted by Crippen LogP contribution is -2.34. The van der Waals surface area contributed by atoms with Gasteiger partial charge in [-0.05, 0) is 31.0 Å². The van der Waals surface area contributed by atoms with Crippen molar-refractivity contribution in [3.05, 3.63) is 72.4 Å². The second kappa shape index (κ2) is 8.01. The summed E-state index contributed by atoms with van der Waals surface area (Å²) >= 11 is 0. The van der Waals surface area contributed by atoms with Crippen LogP contribution in [-0.2, 0) is 6.54 Å².